The molecule has 0 aliphatic rings. The number of rotatable bonds is 2. The van der Waals surface area contributed by atoms with Crippen molar-refractivity contribution < 1.29 is 19.1 Å². The number of esters is 1. The number of nitrogens with two attached hydrogens (primary N) is 1. The van der Waals surface area contributed by atoms with Crippen LogP contribution >= 0.6 is 0 Å². The van der Waals surface area contributed by atoms with E-state index >= 15 is 0 Å². The van der Waals surface area contributed by atoms with Crippen LogP contribution in [0.25, 0.3) is 0 Å². The standard InChI is InChI=1S/C6H10N2O4/c1-8(3-4(7)9)5(10)6(11)12-2/h3H2,1-2H3,(H2,7,9). The molecule has 0 aromatic carbocycles. The molecule has 0 bridgehead atoms. The fourth-order valence-electron chi connectivity index (χ4n) is 0.549. The monoisotopic (exact) mass is 174 g/mol. The van der Waals surface area contributed by atoms with Gasteiger partial charge in [0.15, 0.2) is 0 Å². The fraction of sp³-hybridized carbons (Fsp3) is 0.500. The molecule has 0 saturated heterocycles. The second kappa shape index (κ2) is 4.32. The lowest BCUT2D eigenvalue weighted by Crippen LogP contribution is -2.39. The van der Waals surface area contributed by atoms with Crippen LogP contribution in [0.4, 0.5) is 0 Å². The number of hydrogen-bond acceptors (Lipinski definition) is 4. The number of primary amides is 1. The Balaban J connectivity index is 4.10. The third-order valence-corrected chi connectivity index (χ3v) is 1.10. The summed E-state index contributed by atoms with van der Waals surface area (Å²) in [5, 5.41) is 0. The Kier molecular flexibility index (Phi) is 3.75. The number of ether oxygens (including phenoxy) is 1. The molecule has 0 aromatic rings. The Labute approximate surface area is 69.3 Å². The van der Waals surface area contributed by atoms with E-state index in [-0.39, 0.29) is 6.54 Å². The molecule has 0 aliphatic carbocycles. The molecule has 2 amide bonds. The molecule has 0 heterocycles. The van der Waals surface area contributed by atoms with Gasteiger partial charge in [0.2, 0.25) is 5.91 Å². The van der Waals surface area contributed by atoms with E-state index in [0.717, 1.165) is 12.0 Å². The number of nitrogens with zero attached hydrogens (tertiary/aromatic N) is 1. The number of methoxy groups -OCH3 is 1. The first-order chi connectivity index (χ1) is 5.49. The van der Waals surface area contributed by atoms with Crippen LogP contribution in [0.3, 0.4) is 0 Å². The minimum absolute atomic E-state index is 0.298. The van der Waals surface area contributed by atoms with E-state index in [1.54, 1.807) is 0 Å². The van der Waals surface area contributed by atoms with Gasteiger partial charge in [-0.15, -0.1) is 0 Å². The number of amides is 2. The highest BCUT2D eigenvalue weighted by atomic mass is 16.5. The Bertz CT molecular complexity index is 214. The van der Waals surface area contributed by atoms with Gasteiger partial charge in [-0.25, -0.2) is 4.79 Å². The van der Waals surface area contributed by atoms with E-state index in [0.29, 0.717) is 0 Å². The van der Waals surface area contributed by atoms with E-state index in [9.17, 15) is 14.4 Å². The van der Waals surface area contributed by atoms with E-state index in [1.807, 2.05) is 0 Å². The topological polar surface area (TPSA) is 89.7 Å². The molecule has 0 aliphatic heterocycles. The zero-order valence-corrected chi connectivity index (χ0v) is 6.86. The number of likely N-dealkylation sites (N-methyl/N-ethyl adjacent to an activating group) is 1. The zero-order valence-electron chi connectivity index (χ0n) is 6.86. The molecule has 6 nitrogen and oxygen atoms in total. The van der Waals surface area contributed by atoms with Gasteiger partial charge in [-0.1, -0.05) is 0 Å². The lowest BCUT2D eigenvalue weighted by molar-refractivity contribution is -0.157. The van der Waals surface area contributed by atoms with Gasteiger partial charge in [0.05, 0.1) is 13.7 Å². The first kappa shape index (κ1) is 10.4. The van der Waals surface area contributed by atoms with Crippen LogP contribution in [0.1, 0.15) is 0 Å². The summed E-state index contributed by atoms with van der Waals surface area (Å²) in [6, 6.07) is 0. The third-order valence-electron chi connectivity index (χ3n) is 1.10. The molecule has 2 N–H and O–H groups in total. The van der Waals surface area contributed by atoms with Crippen molar-refractivity contribution in [3.8, 4) is 0 Å². The summed E-state index contributed by atoms with van der Waals surface area (Å²) in [6.45, 7) is -0.298. The molecule has 0 radical (unpaired) electrons. The van der Waals surface area contributed by atoms with Crippen molar-refractivity contribution in [2.45, 2.75) is 0 Å². The van der Waals surface area contributed by atoms with E-state index in [2.05, 4.69) is 4.74 Å². The molecule has 0 fully saturated rings. The fourth-order valence-corrected chi connectivity index (χ4v) is 0.549. The van der Waals surface area contributed by atoms with Crippen molar-refractivity contribution in [2.24, 2.45) is 5.73 Å². The predicted molar refractivity (Wildman–Crippen MR) is 38.8 cm³/mol. The number of carbonyl (C=O) groups is 3. The van der Waals surface area contributed by atoms with Gasteiger partial charge in [-0.3, -0.25) is 9.59 Å². The van der Waals surface area contributed by atoms with Gasteiger partial charge in [-0.2, -0.15) is 0 Å². The van der Waals surface area contributed by atoms with Gasteiger partial charge in [0.25, 0.3) is 0 Å². The van der Waals surface area contributed by atoms with Crippen LogP contribution in [0, 0.1) is 0 Å². The molecule has 0 unspecified atom stereocenters. The molecule has 12 heavy (non-hydrogen) atoms. The summed E-state index contributed by atoms with van der Waals surface area (Å²) in [5.41, 5.74) is 4.79. The van der Waals surface area contributed by atoms with Crippen LogP contribution in [0.2, 0.25) is 0 Å². The van der Waals surface area contributed by atoms with Gasteiger partial charge >= 0.3 is 11.9 Å². The normalized spacial score (nSPS) is 8.83. The Morgan fingerprint density at radius 3 is 2.25 bits per heavy atom. The summed E-state index contributed by atoms with van der Waals surface area (Å²) in [4.78, 5) is 32.6. The molecular weight excluding hydrogens is 164 g/mol. The molecule has 68 valence electrons. The summed E-state index contributed by atoms with van der Waals surface area (Å²) in [5.74, 6) is -2.59. The van der Waals surface area contributed by atoms with E-state index in [4.69, 9.17) is 5.73 Å². The van der Waals surface area contributed by atoms with Crippen LogP contribution in [-0.4, -0.2) is 43.4 Å². The molecule has 6 heteroatoms. The van der Waals surface area contributed by atoms with Crippen molar-refractivity contribution in [2.75, 3.05) is 20.7 Å². The number of hydrogen-bond donors (Lipinski definition) is 1. The lowest BCUT2D eigenvalue weighted by Gasteiger charge is -2.12. The quantitative estimate of drug-likeness (QED) is 0.391. The Morgan fingerprint density at radius 1 is 1.42 bits per heavy atom. The third kappa shape index (κ3) is 3.00. The van der Waals surface area contributed by atoms with Crippen molar-refractivity contribution in [3.63, 3.8) is 0 Å². The van der Waals surface area contributed by atoms with Gasteiger partial charge < -0.3 is 15.4 Å². The van der Waals surface area contributed by atoms with Crippen LogP contribution in [-0.2, 0) is 19.1 Å². The summed E-state index contributed by atoms with van der Waals surface area (Å²) >= 11 is 0. The highest BCUT2D eigenvalue weighted by molar-refractivity contribution is 6.32. The van der Waals surface area contributed by atoms with E-state index in [1.165, 1.54) is 7.05 Å². The Morgan fingerprint density at radius 2 is 1.92 bits per heavy atom. The molecule has 0 saturated carbocycles. The minimum Gasteiger partial charge on any atom is -0.462 e. The Hall–Kier alpha value is -1.59. The predicted octanol–water partition coefficient (Wildman–Crippen LogP) is -1.90. The molecule has 0 rings (SSSR count). The molecular formula is C6H10N2O4. The lowest BCUT2D eigenvalue weighted by atomic mass is 10.5. The van der Waals surface area contributed by atoms with Crippen molar-refractivity contribution >= 4 is 17.8 Å². The SMILES string of the molecule is COC(=O)C(=O)N(C)CC(N)=O. The van der Waals surface area contributed by atoms with Crippen LogP contribution in [0.15, 0.2) is 0 Å². The molecule has 0 spiro atoms. The average Bonchev–Trinajstić information content (AvgIpc) is 2.00. The summed E-state index contributed by atoms with van der Waals surface area (Å²) < 4.78 is 4.13. The largest absolute Gasteiger partial charge is 0.462 e. The van der Waals surface area contributed by atoms with Crippen molar-refractivity contribution in [1.29, 1.82) is 0 Å². The molecule has 0 atom stereocenters. The van der Waals surface area contributed by atoms with Gasteiger partial charge in [0.1, 0.15) is 0 Å². The average molecular weight is 174 g/mol. The van der Waals surface area contributed by atoms with Crippen molar-refractivity contribution in [1.82, 2.24) is 4.90 Å². The highest BCUT2D eigenvalue weighted by Gasteiger charge is 2.19. The molecule has 0 aromatic heterocycles. The zero-order chi connectivity index (χ0) is 9.72. The summed E-state index contributed by atoms with van der Waals surface area (Å²) in [7, 11) is 2.36. The van der Waals surface area contributed by atoms with E-state index < -0.39 is 17.8 Å². The maximum absolute atomic E-state index is 10.9. The van der Waals surface area contributed by atoms with Gasteiger partial charge in [-0.05, 0) is 0 Å². The minimum atomic E-state index is -1.02. The summed E-state index contributed by atoms with van der Waals surface area (Å²) in [6.07, 6.45) is 0. The second-order valence-electron chi connectivity index (χ2n) is 2.12. The first-order valence-corrected chi connectivity index (χ1v) is 3.10. The maximum Gasteiger partial charge on any atom is 0.396 e. The first-order valence-electron chi connectivity index (χ1n) is 3.10. The second-order valence-corrected chi connectivity index (χ2v) is 2.12. The van der Waals surface area contributed by atoms with Crippen molar-refractivity contribution in [3.05, 3.63) is 0 Å². The van der Waals surface area contributed by atoms with Gasteiger partial charge in [0, 0.05) is 7.05 Å². The van der Waals surface area contributed by atoms with Crippen LogP contribution < -0.4 is 5.73 Å². The maximum atomic E-state index is 10.9. The number of carbonyl (C=O) groups excluding carboxylic acids is 3. The highest BCUT2D eigenvalue weighted by Crippen LogP contribution is 1.86. The smallest absolute Gasteiger partial charge is 0.396 e. The van der Waals surface area contributed by atoms with Crippen LogP contribution in [0.5, 0.6) is 0 Å².